The molecule has 0 unspecified atom stereocenters. The second-order valence-corrected chi connectivity index (χ2v) is 4.28. The lowest BCUT2D eigenvalue weighted by Gasteiger charge is -2.06. The summed E-state index contributed by atoms with van der Waals surface area (Å²) < 4.78 is 0. The molecule has 0 spiro atoms. The van der Waals surface area contributed by atoms with Crippen molar-refractivity contribution in [3.05, 3.63) is 58.6 Å². The maximum atomic E-state index is 10.9. The Morgan fingerprint density at radius 2 is 1.94 bits per heavy atom. The Balaban J connectivity index is 2.58. The van der Waals surface area contributed by atoms with Crippen molar-refractivity contribution < 1.29 is 9.90 Å². The molecule has 17 heavy (non-hydrogen) atoms. The summed E-state index contributed by atoms with van der Waals surface area (Å²) in [6.45, 7) is 1.98. The van der Waals surface area contributed by atoms with Crippen molar-refractivity contribution in [2.24, 2.45) is 0 Å². The van der Waals surface area contributed by atoms with E-state index in [-0.39, 0.29) is 5.56 Å². The van der Waals surface area contributed by atoms with E-state index >= 15 is 0 Å². The monoisotopic (exact) mass is 246 g/mol. The number of carbonyl (C=O) groups is 1. The quantitative estimate of drug-likeness (QED) is 0.869. The summed E-state index contributed by atoms with van der Waals surface area (Å²) in [5, 5.41) is 9.51. The molecule has 86 valence electrons. The molecule has 0 amide bonds. The Morgan fingerprint density at radius 3 is 2.59 bits per heavy atom. The number of aromatic carboxylic acids is 1. The molecule has 0 aliphatic rings. The van der Waals surface area contributed by atoms with Crippen molar-refractivity contribution in [3.8, 4) is 11.1 Å². The highest BCUT2D eigenvalue weighted by atomic mass is 35.5. The molecule has 0 aliphatic heterocycles. The summed E-state index contributed by atoms with van der Waals surface area (Å²) in [4.78, 5) is 10.9. The topological polar surface area (TPSA) is 37.3 Å². The Kier molecular flexibility index (Phi) is 3.16. The lowest BCUT2D eigenvalue weighted by molar-refractivity contribution is 0.0697. The second-order valence-electron chi connectivity index (χ2n) is 3.87. The van der Waals surface area contributed by atoms with E-state index < -0.39 is 5.97 Å². The minimum absolute atomic E-state index is 0.242. The van der Waals surface area contributed by atoms with E-state index in [1.54, 1.807) is 12.1 Å². The third-order valence-corrected chi connectivity index (χ3v) is 2.87. The van der Waals surface area contributed by atoms with Crippen LogP contribution in [0.4, 0.5) is 0 Å². The zero-order valence-corrected chi connectivity index (χ0v) is 10.0. The molecule has 2 aromatic rings. The number of carboxylic acid groups (broad SMARTS) is 1. The van der Waals surface area contributed by atoms with Gasteiger partial charge in [-0.1, -0.05) is 41.4 Å². The molecule has 0 fully saturated rings. The minimum atomic E-state index is -0.949. The Labute approximate surface area is 104 Å². The van der Waals surface area contributed by atoms with Gasteiger partial charge in [0.15, 0.2) is 0 Å². The average Bonchev–Trinajstić information content (AvgIpc) is 2.29. The minimum Gasteiger partial charge on any atom is -0.478 e. The predicted molar refractivity (Wildman–Crippen MR) is 68.6 cm³/mol. The highest BCUT2D eigenvalue weighted by molar-refractivity contribution is 6.33. The lowest BCUT2D eigenvalue weighted by atomic mass is 10.0. The maximum Gasteiger partial charge on any atom is 0.335 e. The van der Waals surface area contributed by atoms with Crippen molar-refractivity contribution in [1.82, 2.24) is 0 Å². The van der Waals surface area contributed by atoms with Crippen LogP contribution in [0.3, 0.4) is 0 Å². The van der Waals surface area contributed by atoms with Crippen molar-refractivity contribution >= 4 is 17.6 Å². The van der Waals surface area contributed by atoms with Gasteiger partial charge >= 0.3 is 5.97 Å². The second kappa shape index (κ2) is 4.60. The average molecular weight is 247 g/mol. The maximum absolute atomic E-state index is 10.9. The number of hydrogen-bond donors (Lipinski definition) is 1. The van der Waals surface area contributed by atoms with Gasteiger partial charge in [-0.2, -0.15) is 0 Å². The number of hydrogen-bond acceptors (Lipinski definition) is 1. The van der Waals surface area contributed by atoms with Crippen LogP contribution in [-0.4, -0.2) is 11.1 Å². The van der Waals surface area contributed by atoms with Gasteiger partial charge in [0.05, 0.1) is 5.56 Å². The highest BCUT2D eigenvalue weighted by Gasteiger charge is 2.08. The number of rotatable bonds is 2. The number of halogens is 1. The summed E-state index contributed by atoms with van der Waals surface area (Å²) in [6.07, 6.45) is 0. The first kappa shape index (κ1) is 11.7. The van der Waals surface area contributed by atoms with Gasteiger partial charge < -0.3 is 5.11 Å². The van der Waals surface area contributed by atoms with E-state index in [9.17, 15) is 4.79 Å². The standard InChI is InChI=1S/C14H11ClO2/c1-9-3-2-4-10(7-9)12-8-11(14(16)17)5-6-13(12)15/h2-8H,1H3,(H,16,17). The Bertz CT molecular complexity index is 576. The molecule has 0 atom stereocenters. The molecule has 0 saturated heterocycles. The molecule has 0 aliphatic carbocycles. The van der Waals surface area contributed by atoms with E-state index in [0.717, 1.165) is 16.7 Å². The molecule has 2 nitrogen and oxygen atoms in total. The van der Waals surface area contributed by atoms with Gasteiger partial charge in [-0.3, -0.25) is 0 Å². The molecule has 0 saturated carbocycles. The van der Waals surface area contributed by atoms with Crippen LogP contribution in [0.25, 0.3) is 11.1 Å². The SMILES string of the molecule is Cc1cccc(-c2cc(C(=O)O)ccc2Cl)c1. The number of aryl methyl sites for hydroxylation is 1. The molecule has 0 heterocycles. The first-order valence-electron chi connectivity index (χ1n) is 5.18. The zero-order valence-electron chi connectivity index (χ0n) is 9.27. The highest BCUT2D eigenvalue weighted by Crippen LogP contribution is 2.29. The molecule has 2 rings (SSSR count). The summed E-state index contributed by atoms with van der Waals surface area (Å²) in [7, 11) is 0. The predicted octanol–water partition coefficient (Wildman–Crippen LogP) is 4.01. The van der Waals surface area contributed by atoms with Gasteiger partial charge in [0, 0.05) is 10.6 Å². The smallest absolute Gasteiger partial charge is 0.335 e. The Hall–Kier alpha value is -1.80. The van der Waals surface area contributed by atoms with Gasteiger partial charge in [0.25, 0.3) is 0 Å². The van der Waals surface area contributed by atoms with Crippen LogP contribution >= 0.6 is 11.6 Å². The van der Waals surface area contributed by atoms with E-state index in [1.165, 1.54) is 6.07 Å². The summed E-state index contributed by atoms with van der Waals surface area (Å²) in [5.41, 5.74) is 3.03. The number of carboxylic acids is 1. The molecule has 0 bridgehead atoms. The molecule has 2 aromatic carbocycles. The lowest BCUT2D eigenvalue weighted by Crippen LogP contribution is -1.96. The van der Waals surface area contributed by atoms with Gasteiger partial charge in [-0.05, 0) is 30.7 Å². The number of benzene rings is 2. The summed E-state index contributed by atoms with van der Waals surface area (Å²) >= 11 is 6.09. The van der Waals surface area contributed by atoms with E-state index in [2.05, 4.69) is 0 Å². The third-order valence-electron chi connectivity index (χ3n) is 2.54. The molecular formula is C14H11ClO2. The van der Waals surface area contributed by atoms with Crippen molar-refractivity contribution in [1.29, 1.82) is 0 Å². The van der Waals surface area contributed by atoms with Gasteiger partial charge in [-0.15, -0.1) is 0 Å². The van der Waals surface area contributed by atoms with Crippen LogP contribution < -0.4 is 0 Å². The van der Waals surface area contributed by atoms with Crippen LogP contribution in [0.2, 0.25) is 5.02 Å². The molecule has 3 heteroatoms. The van der Waals surface area contributed by atoms with Crippen molar-refractivity contribution in [2.75, 3.05) is 0 Å². The zero-order chi connectivity index (χ0) is 12.4. The molecule has 1 N–H and O–H groups in total. The Morgan fingerprint density at radius 1 is 1.18 bits per heavy atom. The largest absolute Gasteiger partial charge is 0.478 e. The first-order valence-corrected chi connectivity index (χ1v) is 5.55. The van der Waals surface area contributed by atoms with Crippen LogP contribution in [-0.2, 0) is 0 Å². The van der Waals surface area contributed by atoms with Crippen LogP contribution in [0.15, 0.2) is 42.5 Å². The van der Waals surface area contributed by atoms with Gasteiger partial charge in [0.1, 0.15) is 0 Å². The summed E-state index contributed by atoms with van der Waals surface area (Å²) in [6, 6.07) is 12.5. The fourth-order valence-corrected chi connectivity index (χ4v) is 1.92. The van der Waals surface area contributed by atoms with Gasteiger partial charge in [0.2, 0.25) is 0 Å². The van der Waals surface area contributed by atoms with Crippen molar-refractivity contribution in [3.63, 3.8) is 0 Å². The molecule has 0 radical (unpaired) electrons. The van der Waals surface area contributed by atoms with E-state index in [4.69, 9.17) is 16.7 Å². The van der Waals surface area contributed by atoms with Crippen LogP contribution in [0, 0.1) is 6.92 Å². The molecular weight excluding hydrogens is 236 g/mol. The third kappa shape index (κ3) is 2.48. The normalized spacial score (nSPS) is 10.2. The molecule has 0 aromatic heterocycles. The van der Waals surface area contributed by atoms with Gasteiger partial charge in [-0.25, -0.2) is 4.79 Å². The van der Waals surface area contributed by atoms with E-state index in [0.29, 0.717) is 5.02 Å². The fraction of sp³-hybridized carbons (Fsp3) is 0.0714. The fourth-order valence-electron chi connectivity index (χ4n) is 1.69. The first-order chi connectivity index (χ1) is 8.08. The van der Waals surface area contributed by atoms with Crippen LogP contribution in [0.1, 0.15) is 15.9 Å². The summed E-state index contributed by atoms with van der Waals surface area (Å²) in [5.74, 6) is -0.949. The van der Waals surface area contributed by atoms with E-state index in [1.807, 2.05) is 31.2 Å². The van der Waals surface area contributed by atoms with Crippen molar-refractivity contribution in [2.45, 2.75) is 6.92 Å². The van der Waals surface area contributed by atoms with Crippen LogP contribution in [0.5, 0.6) is 0 Å².